The molecule has 5 heteroatoms. The Kier molecular flexibility index (Phi) is 3.43. The number of nitrogens with zero attached hydrogens (tertiary/aromatic N) is 1. The number of carbonyl (C=O) groups is 2. The van der Waals surface area contributed by atoms with Crippen LogP contribution in [0.4, 0.5) is 0 Å². The summed E-state index contributed by atoms with van der Waals surface area (Å²) >= 11 is 0. The van der Waals surface area contributed by atoms with Crippen molar-refractivity contribution in [2.24, 2.45) is 5.92 Å². The second-order valence-corrected chi connectivity index (χ2v) is 4.57. The van der Waals surface area contributed by atoms with Crippen molar-refractivity contribution < 1.29 is 14.7 Å². The van der Waals surface area contributed by atoms with Gasteiger partial charge < -0.3 is 15.3 Å². The Morgan fingerprint density at radius 2 is 2.06 bits per heavy atom. The van der Waals surface area contributed by atoms with E-state index in [0.717, 1.165) is 25.8 Å². The van der Waals surface area contributed by atoms with Gasteiger partial charge in [-0.05, 0) is 32.2 Å². The zero-order valence-corrected chi connectivity index (χ0v) is 9.32. The highest BCUT2D eigenvalue weighted by Crippen LogP contribution is 2.22. The van der Waals surface area contributed by atoms with Crippen molar-refractivity contribution >= 4 is 11.9 Å². The first kappa shape index (κ1) is 11.4. The normalized spacial score (nSPS) is 30.4. The molecule has 2 saturated heterocycles. The Bertz CT molecular complexity index is 287. The molecule has 2 rings (SSSR count). The van der Waals surface area contributed by atoms with Crippen LogP contribution >= 0.6 is 0 Å². The number of hydrogen-bond donors (Lipinski definition) is 2. The van der Waals surface area contributed by atoms with Crippen LogP contribution in [0.3, 0.4) is 0 Å². The van der Waals surface area contributed by atoms with E-state index < -0.39 is 12.0 Å². The minimum atomic E-state index is -0.866. The van der Waals surface area contributed by atoms with Crippen molar-refractivity contribution in [3.63, 3.8) is 0 Å². The quantitative estimate of drug-likeness (QED) is 0.698. The first-order chi connectivity index (χ1) is 7.70. The molecule has 16 heavy (non-hydrogen) atoms. The summed E-state index contributed by atoms with van der Waals surface area (Å²) in [6, 6.07) is -0.588. The van der Waals surface area contributed by atoms with Crippen LogP contribution in [0.2, 0.25) is 0 Å². The summed E-state index contributed by atoms with van der Waals surface area (Å²) in [7, 11) is 0. The van der Waals surface area contributed by atoms with Gasteiger partial charge in [-0.1, -0.05) is 0 Å². The van der Waals surface area contributed by atoms with Gasteiger partial charge >= 0.3 is 5.97 Å². The molecule has 2 atom stereocenters. The third kappa shape index (κ3) is 2.19. The van der Waals surface area contributed by atoms with E-state index in [-0.39, 0.29) is 11.8 Å². The van der Waals surface area contributed by atoms with Crippen LogP contribution in [-0.4, -0.2) is 47.6 Å². The number of likely N-dealkylation sites (tertiary alicyclic amines) is 1. The number of carboxylic acid groups (broad SMARTS) is 1. The van der Waals surface area contributed by atoms with Gasteiger partial charge in [0.25, 0.3) is 0 Å². The van der Waals surface area contributed by atoms with E-state index in [2.05, 4.69) is 5.32 Å². The summed E-state index contributed by atoms with van der Waals surface area (Å²) in [5.41, 5.74) is 0. The van der Waals surface area contributed by atoms with Crippen molar-refractivity contribution in [1.82, 2.24) is 10.2 Å². The summed E-state index contributed by atoms with van der Waals surface area (Å²) in [5, 5.41) is 12.2. The van der Waals surface area contributed by atoms with Crippen molar-refractivity contribution in [2.75, 3.05) is 19.6 Å². The van der Waals surface area contributed by atoms with Gasteiger partial charge in [0, 0.05) is 13.1 Å². The number of nitrogens with one attached hydrogen (secondary N) is 1. The number of amides is 1. The second-order valence-electron chi connectivity index (χ2n) is 4.57. The molecular weight excluding hydrogens is 208 g/mol. The van der Waals surface area contributed by atoms with Gasteiger partial charge in [0.15, 0.2) is 0 Å². The highest BCUT2D eigenvalue weighted by atomic mass is 16.4. The standard InChI is InChI=1S/C11H18N2O3/c14-10(8-3-1-5-12-7-8)13-6-2-4-9(13)11(15)16/h8-9,12H,1-7H2,(H,15,16)/t8-,9+/m0/s1. The van der Waals surface area contributed by atoms with Crippen molar-refractivity contribution in [2.45, 2.75) is 31.7 Å². The van der Waals surface area contributed by atoms with Crippen LogP contribution in [-0.2, 0) is 9.59 Å². The van der Waals surface area contributed by atoms with E-state index in [1.54, 1.807) is 4.90 Å². The van der Waals surface area contributed by atoms with Crippen molar-refractivity contribution in [3.05, 3.63) is 0 Å². The second kappa shape index (κ2) is 4.82. The maximum atomic E-state index is 12.1. The highest BCUT2D eigenvalue weighted by molar-refractivity contribution is 5.85. The average molecular weight is 226 g/mol. The first-order valence-electron chi connectivity index (χ1n) is 5.94. The maximum absolute atomic E-state index is 12.1. The Morgan fingerprint density at radius 1 is 1.25 bits per heavy atom. The zero-order valence-electron chi connectivity index (χ0n) is 9.32. The Morgan fingerprint density at radius 3 is 2.69 bits per heavy atom. The molecule has 2 heterocycles. The van der Waals surface area contributed by atoms with Crippen LogP contribution in [0.5, 0.6) is 0 Å². The SMILES string of the molecule is O=C(O)[C@H]1CCCN1C(=O)[C@H]1CCCNC1. The van der Waals surface area contributed by atoms with E-state index in [4.69, 9.17) is 5.11 Å². The maximum Gasteiger partial charge on any atom is 0.326 e. The number of aliphatic carboxylic acids is 1. The minimum Gasteiger partial charge on any atom is -0.480 e. The lowest BCUT2D eigenvalue weighted by Gasteiger charge is -2.29. The van der Waals surface area contributed by atoms with Gasteiger partial charge in [-0.15, -0.1) is 0 Å². The predicted molar refractivity (Wildman–Crippen MR) is 58.0 cm³/mol. The lowest BCUT2D eigenvalue weighted by molar-refractivity contribution is -0.150. The Balaban J connectivity index is 1.99. The molecule has 2 fully saturated rings. The summed E-state index contributed by atoms with van der Waals surface area (Å²) in [5.74, 6) is -0.861. The van der Waals surface area contributed by atoms with Gasteiger partial charge in [-0.25, -0.2) is 4.79 Å². The number of carboxylic acids is 1. The van der Waals surface area contributed by atoms with Crippen molar-refractivity contribution in [1.29, 1.82) is 0 Å². The molecule has 0 saturated carbocycles. The topological polar surface area (TPSA) is 69.6 Å². The molecule has 0 aromatic carbocycles. The van der Waals surface area contributed by atoms with Crippen molar-refractivity contribution in [3.8, 4) is 0 Å². The lowest BCUT2D eigenvalue weighted by atomic mass is 9.98. The van der Waals surface area contributed by atoms with Gasteiger partial charge in [0.2, 0.25) is 5.91 Å². The summed E-state index contributed by atoms with van der Waals surface area (Å²) in [6.45, 7) is 2.26. The molecule has 5 nitrogen and oxygen atoms in total. The predicted octanol–water partition coefficient (Wildman–Crippen LogP) is 0.0616. The molecule has 0 unspecified atom stereocenters. The highest BCUT2D eigenvalue weighted by Gasteiger charge is 2.37. The zero-order chi connectivity index (χ0) is 11.5. The minimum absolute atomic E-state index is 0.0197. The monoisotopic (exact) mass is 226 g/mol. The first-order valence-corrected chi connectivity index (χ1v) is 5.94. The number of hydrogen-bond acceptors (Lipinski definition) is 3. The van der Waals surface area contributed by atoms with Crippen LogP contribution in [0.15, 0.2) is 0 Å². The largest absolute Gasteiger partial charge is 0.480 e. The molecule has 2 aliphatic heterocycles. The summed E-state index contributed by atoms with van der Waals surface area (Å²) in [6.07, 6.45) is 3.29. The molecule has 1 amide bonds. The van der Waals surface area contributed by atoms with E-state index in [1.165, 1.54) is 0 Å². The Hall–Kier alpha value is -1.10. The molecule has 2 aliphatic rings. The number of piperidine rings is 1. The van der Waals surface area contributed by atoms with Gasteiger partial charge in [-0.2, -0.15) is 0 Å². The molecule has 0 radical (unpaired) electrons. The smallest absolute Gasteiger partial charge is 0.326 e. The molecule has 0 aromatic rings. The van der Waals surface area contributed by atoms with Gasteiger partial charge in [-0.3, -0.25) is 4.79 Å². The lowest BCUT2D eigenvalue weighted by Crippen LogP contribution is -2.47. The van der Waals surface area contributed by atoms with Gasteiger partial charge in [0.05, 0.1) is 5.92 Å². The molecule has 2 N–H and O–H groups in total. The summed E-state index contributed by atoms with van der Waals surface area (Å²) in [4.78, 5) is 24.7. The Labute approximate surface area is 94.8 Å². The third-order valence-corrected chi connectivity index (χ3v) is 3.47. The molecule has 0 aromatic heterocycles. The van der Waals surface area contributed by atoms with E-state index >= 15 is 0 Å². The number of rotatable bonds is 2. The molecular formula is C11H18N2O3. The van der Waals surface area contributed by atoms with Crippen LogP contribution in [0.1, 0.15) is 25.7 Å². The number of carbonyl (C=O) groups excluding carboxylic acids is 1. The fourth-order valence-corrected chi connectivity index (χ4v) is 2.58. The molecule has 0 aliphatic carbocycles. The molecule has 90 valence electrons. The van der Waals surface area contributed by atoms with E-state index in [0.29, 0.717) is 19.5 Å². The molecule has 0 spiro atoms. The van der Waals surface area contributed by atoms with Gasteiger partial charge in [0.1, 0.15) is 6.04 Å². The molecule has 0 bridgehead atoms. The fraction of sp³-hybridized carbons (Fsp3) is 0.818. The van der Waals surface area contributed by atoms with Crippen LogP contribution in [0.25, 0.3) is 0 Å². The fourth-order valence-electron chi connectivity index (χ4n) is 2.58. The third-order valence-electron chi connectivity index (χ3n) is 3.47. The van der Waals surface area contributed by atoms with E-state index in [1.807, 2.05) is 0 Å². The van der Waals surface area contributed by atoms with E-state index in [9.17, 15) is 9.59 Å². The van der Waals surface area contributed by atoms with Crippen LogP contribution < -0.4 is 5.32 Å². The average Bonchev–Trinajstić information content (AvgIpc) is 2.78. The summed E-state index contributed by atoms with van der Waals surface area (Å²) < 4.78 is 0. The van der Waals surface area contributed by atoms with Crippen LogP contribution in [0, 0.1) is 5.92 Å².